The molecule has 0 unspecified atom stereocenters. The summed E-state index contributed by atoms with van der Waals surface area (Å²) in [5, 5.41) is 12.3. The number of alkyl halides is 1. The number of primary amides is 2. The van der Waals surface area contributed by atoms with Gasteiger partial charge in [0.15, 0.2) is 0 Å². The summed E-state index contributed by atoms with van der Waals surface area (Å²) in [6.45, 7) is 0.319. The number of amides is 7. The lowest BCUT2D eigenvalue weighted by atomic mass is 9.97. The maximum atomic E-state index is 13.9. The van der Waals surface area contributed by atoms with Crippen molar-refractivity contribution in [3.8, 4) is 0 Å². The average molecular weight is 736 g/mol. The van der Waals surface area contributed by atoms with Crippen LogP contribution in [0.15, 0.2) is 42.5 Å². The molecule has 3 rings (SSSR count). The SMILES string of the molecule is CS(=O)(=O)CC[C@H](NC(=O)CCl)C(=O)N1CCCC[C@H]1C(=O)N[C@@H](CCc1ccc2ccccc2c1)C(=O)N[C@@H](CCCNC(N)=O)C(N)=O. The van der Waals surface area contributed by atoms with E-state index in [0.717, 1.165) is 22.6 Å². The van der Waals surface area contributed by atoms with Crippen LogP contribution in [0.2, 0.25) is 0 Å². The molecule has 50 heavy (non-hydrogen) atoms. The van der Waals surface area contributed by atoms with Crippen LogP contribution in [0.25, 0.3) is 10.8 Å². The third kappa shape index (κ3) is 12.8. The van der Waals surface area contributed by atoms with E-state index in [2.05, 4.69) is 21.3 Å². The van der Waals surface area contributed by atoms with Gasteiger partial charge < -0.3 is 37.6 Å². The molecule has 2 aromatic carbocycles. The zero-order chi connectivity index (χ0) is 36.8. The van der Waals surface area contributed by atoms with E-state index in [9.17, 15) is 37.2 Å². The minimum atomic E-state index is -3.49. The van der Waals surface area contributed by atoms with Crippen molar-refractivity contribution in [2.45, 2.75) is 75.5 Å². The molecule has 1 saturated heterocycles. The third-order valence-corrected chi connectivity index (χ3v) is 9.64. The summed E-state index contributed by atoms with van der Waals surface area (Å²) in [6.07, 6.45) is 3.10. The molecule has 1 heterocycles. The third-order valence-electron chi connectivity index (χ3n) is 8.42. The second-order valence-corrected chi connectivity index (χ2v) is 14.9. The molecule has 1 fully saturated rings. The number of hydrogen-bond acceptors (Lipinski definition) is 8. The number of benzene rings is 2. The molecule has 0 aromatic heterocycles. The number of rotatable bonds is 18. The molecule has 0 aliphatic carbocycles. The molecule has 15 nitrogen and oxygen atoms in total. The molecule has 1 aliphatic rings. The Kier molecular flexibility index (Phi) is 15.3. The molecular weight excluding hydrogens is 690 g/mol. The molecule has 0 radical (unpaired) electrons. The second-order valence-electron chi connectivity index (χ2n) is 12.4. The van der Waals surface area contributed by atoms with Gasteiger partial charge >= 0.3 is 6.03 Å². The smallest absolute Gasteiger partial charge is 0.312 e. The molecule has 0 bridgehead atoms. The topological polar surface area (TPSA) is 240 Å². The lowest BCUT2D eigenvalue weighted by Gasteiger charge is -2.37. The van der Waals surface area contributed by atoms with Gasteiger partial charge in [0.25, 0.3) is 0 Å². The van der Waals surface area contributed by atoms with Crippen LogP contribution in [0.4, 0.5) is 4.79 Å². The van der Waals surface area contributed by atoms with E-state index in [-0.39, 0.29) is 50.9 Å². The number of nitrogens with zero attached hydrogens (tertiary/aromatic N) is 1. The first-order chi connectivity index (χ1) is 23.7. The first kappa shape index (κ1) is 40.0. The Morgan fingerprint density at radius 3 is 2.28 bits per heavy atom. The van der Waals surface area contributed by atoms with Crippen molar-refractivity contribution in [2.75, 3.05) is 31.0 Å². The van der Waals surface area contributed by atoms with Gasteiger partial charge in [-0.2, -0.15) is 0 Å². The highest BCUT2D eigenvalue weighted by atomic mass is 35.5. The minimum absolute atomic E-state index is 0.0977. The molecule has 17 heteroatoms. The van der Waals surface area contributed by atoms with Gasteiger partial charge in [-0.1, -0.05) is 42.5 Å². The van der Waals surface area contributed by atoms with E-state index in [1.807, 2.05) is 42.5 Å². The number of nitrogens with one attached hydrogen (secondary N) is 4. The summed E-state index contributed by atoms with van der Waals surface area (Å²) in [5.41, 5.74) is 11.6. The zero-order valence-corrected chi connectivity index (χ0v) is 29.6. The number of fused-ring (bicyclic) bond motifs is 1. The van der Waals surface area contributed by atoms with Crippen molar-refractivity contribution in [3.05, 3.63) is 48.0 Å². The number of likely N-dealkylation sites (tertiary alicyclic amines) is 1. The van der Waals surface area contributed by atoms with Crippen molar-refractivity contribution < 1.29 is 37.2 Å². The monoisotopic (exact) mass is 735 g/mol. The fraction of sp³-hybridized carbons (Fsp3) is 0.515. The molecular formula is C33H46ClN7O8S. The van der Waals surface area contributed by atoms with Crippen LogP contribution in [-0.2, 0) is 40.2 Å². The normalized spacial score (nSPS) is 16.4. The van der Waals surface area contributed by atoms with Crippen LogP contribution in [0.5, 0.6) is 0 Å². The van der Waals surface area contributed by atoms with E-state index in [1.54, 1.807) is 0 Å². The maximum absolute atomic E-state index is 13.9. The highest BCUT2D eigenvalue weighted by molar-refractivity contribution is 7.90. The highest BCUT2D eigenvalue weighted by Gasteiger charge is 2.38. The predicted octanol–water partition coefficient (Wildman–Crippen LogP) is 0.215. The Bertz CT molecular complexity index is 1660. The number of aryl methyl sites for hydroxylation is 1. The Morgan fingerprint density at radius 1 is 0.900 bits per heavy atom. The van der Waals surface area contributed by atoms with Crippen molar-refractivity contribution in [3.63, 3.8) is 0 Å². The zero-order valence-electron chi connectivity index (χ0n) is 28.0. The van der Waals surface area contributed by atoms with E-state index >= 15 is 0 Å². The van der Waals surface area contributed by atoms with Crippen molar-refractivity contribution in [1.82, 2.24) is 26.2 Å². The van der Waals surface area contributed by atoms with Gasteiger partial charge in [-0.05, 0) is 67.7 Å². The molecule has 0 spiro atoms. The van der Waals surface area contributed by atoms with E-state index in [1.165, 1.54) is 4.90 Å². The number of nitrogens with two attached hydrogens (primary N) is 2. The molecule has 0 saturated carbocycles. The van der Waals surface area contributed by atoms with Crippen LogP contribution in [0.3, 0.4) is 0 Å². The number of carbonyl (C=O) groups excluding carboxylic acids is 6. The van der Waals surface area contributed by atoms with Gasteiger partial charge in [0.2, 0.25) is 29.5 Å². The standard InChI is InChI=1S/C33H46ClN7O8S/c1-50(48,49)18-15-26(38-28(42)20-34)32(46)41-17-5-4-10-27(41)31(45)40-25(14-12-21-11-13-22-7-2-3-8-23(22)19-21)30(44)39-24(29(35)43)9-6-16-37-33(36)47/h2-3,7-8,11,13,19,24-27H,4-6,9-10,12,14-18,20H2,1H3,(H2,35,43)(H,38,42)(H,39,44)(H,40,45)(H3,36,37,47)/t24-,25-,26-,27-/m0/s1. The number of carbonyl (C=O) groups is 6. The van der Waals surface area contributed by atoms with Gasteiger partial charge in [-0.15, -0.1) is 11.6 Å². The molecule has 2 aromatic rings. The summed E-state index contributed by atoms with van der Waals surface area (Å²) in [5.74, 6) is -4.23. The molecule has 274 valence electrons. The molecule has 1 aliphatic heterocycles. The fourth-order valence-electron chi connectivity index (χ4n) is 5.81. The molecule has 4 atom stereocenters. The lowest BCUT2D eigenvalue weighted by molar-refractivity contribution is -0.145. The largest absolute Gasteiger partial charge is 0.368 e. The van der Waals surface area contributed by atoms with Crippen molar-refractivity contribution in [2.24, 2.45) is 11.5 Å². The first-order valence-electron chi connectivity index (χ1n) is 16.4. The Hall–Kier alpha value is -4.44. The predicted molar refractivity (Wildman–Crippen MR) is 188 cm³/mol. The molecule has 7 amide bonds. The van der Waals surface area contributed by atoms with Crippen LogP contribution in [0.1, 0.15) is 50.5 Å². The van der Waals surface area contributed by atoms with Gasteiger partial charge in [0.05, 0.1) is 5.75 Å². The van der Waals surface area contributed by atoms with E-state index < -0.39 is 75.5 Å². The van der Waals surface area contributed by atoms with Crippen LogP contribution in [-0.4, -0.2) is 104 Å². The summed E-state index contributed by atoms with van der Waals surface area (Å²) >= 11 is 5.64. The number of sulfone groups is 1. The average Bonchev–Trinajstić information content (AvgIpc) is 3.08. The maximum Gasteiger partial charge on any atom is 0.312 e. The Morgan fingerprint density at radius 2 is 1.62 bits per heavy atom. The van der Waals surface area contributed by atoms with Gasteiger partial charge in [-0.25, -0.2) is 13.2 Å². The van der Waals surface area contributed by atoms with Crippen LogP contribution < -0.4 is 32.7 Å². The number of hydrogen-bond donors (Lipinski definition) is 6. The fourth-order valence-corrected chi connectivity index (χ4v) is 6.55. The Labute approximate surface area is 296 Å². The highest BCUT2D eigenvalue weighted by Crippen LogP contribution is 2.21. The summed E-state index contributed by atoms with van der Waals surface area (Å²) < 4.78 is 23.8. The number of urea groups is 1. The lowest BCUT2D eigenvalue weighted by Crippen LogP contribution is -2.60. The second kappa shape index (κ2) is 19.1. The van der Waals surface area contributed by atoms with Crippen LogP contribution in [0, 0.1) is 0 Å². The van der Waals surface area contributed by atoms with E-state index in [0.29, 0.717) is 19.3 Å². The summed E-state index contributed by atoms with van der Waals surface area (Å²) in [6, 6.07) is 8.39. The van der Waals surface area contributed by atoms with Gasteiger partial charge in [0.1, 0.15) is 39.9 Å². The summed E-state index contributed by atoms with van der Waals surface area (Å²) in [4.78, 5) is 78.0. The quantitative estimate of drug-likeness (QED) is 0.0912. The van der Waals surface area contributed by atoms with Crippen LogP contribution >= 0.6 is 11.6 Å². The number of piperidine rings is 1. The van der Waals surface area contributed by atoms with Gasteiger partial charge in [-0.3, -0.25) is 24.0 Å². The van der Waals surface area contributed by atoms with Crippen molar-refractivity contribution in [1.29, 1.82) is 0 Å². The Balaban J connectivity index is 1.83. The van der Waals surface area contributed by atoms with Crippen molar-refractivity contribution >= 4 is 67.8 Å². The van der Waals surface area contributed by atoms with Gasteiger partial charge in [0, 0.05) is 19.3 Å². The summed E-state index contributed by atoms with van der Waals surface area (Å²) in [7, 11) is -3.49. The minimum Gasteiger partial charge on any atom is -0.368 e. The molecule has 8 N–H and O–H groups in total. The number of halogens is 1. The first-order valence-corrected chi connectivity index (χ1v) is 19.0. The van der Waals surface area contributed by atoms with E-state index in [4.69, 9.17) is 23.1 Å².